The molecule has 0 aliphatic carbocycles. The summed E-state index contributed by atoms with van der Waals surface area (Å²) >= 11 is 5.81. The SMILES string of the molecule is CCOc1ccccc1NC(=O)C(C)OC(=O)c1c(F)cccc1Cl. The normalized spacial score (nSPS) is 11.5. The molecule has 1 unspecified atom stereocenters. The number of para-hydroxylation sites is 2. The zero-order chi connectivity index (χ0) is 18.4. The van der Waals surface area contributed by atoms with E-state index < -0.39 is 29.4 Å². The van der Waals surface area contributed by atoms with Gasteiger partial charge in [-0.25, -0.2) is 9.18 Å². The number of carbonyl (C=O) groups excluding carboxylic acids is 2. The molecule has 1 amide bonds. The Balaban J connectivity index is 2.07. The fraction of sp³-hybridized carbons (Fsp3) is 0.222. The molecule has 7 heteroatoms. The van der Waals surface area contributed by atoms with Crippen molar-refractivity contribution < 1.29 is 23.5 Å². The van der Waals surface area contributed by atoms with Crippen LogP contribution in [-0.4, -0.2) is 24.6 Å². The van der Waals surface area contributed by atoms with E-state index in [1.54, 1.807) is 24.3 Å². The Bertz CT molecular complexity index is 761. The topological polar surface area (TPSA) is 64.6 Å². The van der Waals surface area contributed by atoms with Crippen LogP contribution in [0.3, 0.4) is 0 Å². The third-order valence-corrected chi connectivity index (χ3v) is 3.58. The van der Waals surface area contributed by atoms with E-state index in [-0.39, 0.29) is 5.02 Å². The van der Waals surface area contributed by atoms with E-state index in [0.29, 0.717) is 18.0 Å². The molecule has 2 aromatic rings. The summed E-state index contributed by atoms with van der Waals surface area (Å²) in [4.78, 5) is 24.3. The molecule has 2 aromatic carbocycles. The predicted molar refractivity (Wildman–Crippen MR) is 92.5 cm³/mol. The number of rotatable bonds is 6. The van der Waals surface area contributed by atoms with Crippen molar-refractivity contribution in [1.29, 1.82) is 0 Å². The quantitative estimate of drug-likeness (QED) is 0.784. The Labute approximate surface area is 149 Å². The van der Waals surface area contributed by atoms with Crippen LogP contribution in [0.5, 0.6) is 5.75 Å². The first-order chi connectivity index (χ1) is 11.9. The second-order valence-electron chi connectivity index (χ2n) is 5.06. The summed E-state index contributed by atoms with van der Waals surface area (Å²) in [7, 11) is 0. The number of halogens is 2. The summed E-state index contributed by atoms with van der Waals surface area (Å²) in [5.74, 6) is -1.90. The summed E-state index contributed by atoms with van der Waals surface area (Å²) in [5.41, 5.74) is 0.0414. The lowest BCUT2D eigenvalue weighted by atomic mass is 10.2. The molecule has 1 atom stereocenters. The van der Waals surface area contributed by atoms with Crippen molar-refractivity contribution in [1.82, 2.24) is 0 Å². The number of anilines is 1. The maximum Gasteiger partial charge on any atom is 0.343 e. The van der Waals surface area contributed by atoms with Gasteiger partial charge in [-0.3, -0.25) is 4.79 Å². The number of esters is 1. The number of amides is 1. The van der Waals surface area contributed by atoms with Crippen LogP contribution in [0.15, 0.2) is 42.5 Å². The first-order valence-corrected chi connectivity index (χ1v) is 7.99. The van der Waals surface area contributed by atoms with Gasteiger partial charge in [-0.2, -0.15) is 0 Å². The number of nitrogens with one attached hydrogen (secondary N) is 1. The van der Waals surface area contributed by atoms with Crippen molar-refractivity contribution in [2.75, 3.05) is 11.9 Å². The zero-order valence-electron chi connectivity index (χ0n) is 13.7. The highest BCUT2D eigenvalue weighted by atomic mass is 35.5. The molecule has 1 N–H and O–H groups in total. The molecule has 25 heavy (non-hydrogen) atoms. The summed E-state index contributed by atoms with van der Waals surface area (Å²) in [6, 6.07) is 10.7. The Morgan fingerprint density at radius 1 is 1.20 bits per heavy atom. The second kappa shape index (κ2) is 8.48. The van der Waals surface area contributed by atoms with E-state index in [9.17, 15) is 14.0 Å². The van der Waals surface area contributed by atoms with Crippen LogP contribution in [0, 0.1) is 5.82 Å². The van der Waals surface area contributed by atoms with Gasteiger partial charge in [0.2, 0.25) is 0 Å². The molecule has 0 heterocycles. The number of benzene rings is 2. The van der Waals surface area contributed by atoms with Crippen LogP contribution in [0.2, 0.25) is 5.02 Å². The van der Waals surface area contributed by atoms with Gasteiger partial charge in [0, 0.05) is 0 Å². The molecular formula is C18H17ClFNO4. The summed E-state index contributed by atoms with van der Waals surface area (Å²) < 4.78 is 24.2. The number of hydrogen-bond donors (Lipinski definition) is 1. The van der Waals surface area contributed by atoms with Crippen LogP contribution in [0.25, 0.3) is 0 Å². The Morgan fingerprint density at radius 3 is 2.60 bits per heavy atom. The molecule has 0 fully saturated rings. The number of hydrogen-bond acceptors (Lipinski definition) is 4. The lowest BCUT2D eigenvalue weighted by Crippen LogP contribution is -2.30. The van der Waals surface area contributed by atoms with Crippen LogP contribution < -0.4 is 10.1 Å². The summed E-state index contributed by atoms with van der Waals surface area (Å²) in [5, 5.41) is 2.53. The minimum atomic E-state index is -1.15. The molecule has 5 nitrogen and oxygen atoms in total. The summed E-state index contributed by atoms with van der Waals surface area (Å²) in [6.45, 7) is 3.63. The lowest BCUT2D eigenvalue weighted by molar-refractivity contribution is -0.123. The first-order valence-electron chi connectivity index (χ1n) is 7.61. The zero-order valence-corrected chi connectivity index (χ0v) is 14.5. The highest BCUT2D eigenvalue weighted by Crippen LogP contribution is 2.24. The van der Waals surface area contributed by atoms with Crippen molar-refractivity contribution >= 4 is 29.2 Å². The van der Waals surface area contributed by atoms with E-state index in [1.165, 1.54) is 19.1 Å². The number of ether oxygens (including phenoxy) is 2. The standard InChI is InChI=1S/C18H17ClFNO4/c1-3-24-15-10-5-4-9-14(15)21-17(22)11(2)25-18(23)16-12(19)7-6-8-13(16)20/h4-11H,3H2,1-2H3,(H,21,22). The molecular weight excluding hydrogens is 349 g/mol. The van der Waals surface area contributed by atoms with Crippen molar-refractivity contribution in [3.05, 3.63) is 58.9 Å². The van der Waals surface area contributed by atoms with Crippen LogP contribution in [0.1, 0.15) is 24.2 Å². The molecule has 0 spiro atoms. The van der Waals surface area contributed by atoms with Crippen molar-refractivity contribution in [3.8, 4) is 5.75 Å². The molecule has 0 aliphatic rings. The molecule has 0 saturated heterocycles. The van der Waals surface area contributed by atoms with Crippen LogP contribution in [0.4, 0.5) is 10.1 Å². The number of carbonyl (C=O) groups is 2. The van der Waals surface area contributed by atoms with Crippen LogP contribution >= 0.6 is 11.6 Å². The molecule has 2 rings (SSSR count). The monoisotopic (exact) mass is 365 g/mol. The summed E-state index contributed by atoms with van der Waals surface area (Å²) in [6.07, 6.45) is -1.15. The van der Waals surface area contributed by atoms with Gasteiger partial charge in [0.1, 0.15) is 17.1 Å². The van der Waals surface area contributed by atoms with Crippen molar-refractivity contribution in [2.24, 2.45) is 0 Å². The Hall–Kier alpha value is -2.60. The largest absolute Gasteiger partial charge is 0.492 e. The van der Waals surface area contributed by atoms with Gasteiger partial charge < -0.3 is 14.8 Å². The molecule has 0 saturated carbocycles. The van der Waals surface area contributed by atoms with Gasteiger partial charge in [-0.1, -0.05) is 29.8 Å². The van der Waals surface area contributed by atoms with E-state index >= 15 is 0 Å². The van der Waals surface area contributed by atoms with Crippen molar-refractivity contribution in [3.63, 3.8) is 0 Å². The van der Waals surface area contributed by atoms with Crippen molar-refractivity contribution in [2.45, 2.75) is 20.0 Å². The first kappa shape index (κ1) is 18.7. The van der Waals surface area contributed by atoms with Gasteiger partial charge in [0.05, 0.1) is 17.3 Å². The van der Waals surface area contributed by atoms with E-state index in [0.717, 1.165) is 6.07 Å². The highest BCUT2D eigenvalue weighted by molar-refractivity contribution is 6.33. The van der Waals surface area contributed by atoms with E-state index in [4.69, 9.17) is 21.1 Å². The Morgan fingerprint density at radius 2 is 1.92 bits per heavy atom. The minimum absolute atomic E-state index is 0.0840. The minimum Gasteiger partial charge on any atom is -0.492 e. The molecule has 0 bridgehead atoms. The lowest BCUT2D eigenvalue weighted by Gasteiger charge is -2.16. The maximum absolute atomic E-state index is 13.7. The Kier molecular flexibility index (Phi) is 6.36. The van der Waals surface area contributed by atoms with Gasteiger partial charge in [-0.15, -0.1) is 0 Å². The molecule has 132 valence electrons. The molecule has 0 radical (unpaired) electrons. The third-order valence-electron chi connectivity index (χ3n) is 3.26. The van der Waals surface area contributed by atoms with E-state index in [1.807, 2.05) is 6.92 Å². The van der Waals surface area contributed by atoms with Gasteiger partial charge in [0.15, 0.2) is 6.10 Å². The maximum atomic E-state index is 13.7. The molecule has 0 aromatic heterocycles. The predicted octanol–water partition coefficient (Wildman–Crippen LogP) is 4.06. The smallest absolute Gasteiger partial charge is 0.343 e. The average Bonchev–Trinajstić information content (AvgIpc) is 2.56. The van der Waals surface area contributed by atoms with E-state index in [2.05, 4.69) is 5.32 Å². The highest BCUT2D eigenvalue weighted by Gasteiger charge is 2.23. The van der Waals surface area contributed by atoms with Gasteiger partial charge >= 0.3 is 5.97 Å². The fourth-order valence-corrected chi connectivity index (χ4v) is 2.29. The van der Waals surface area contributed by atoms with Crippen LogP contribution in [-0.2, 0) is 9.53 Å². The van der Waals surface area contributed by atoms with Gasteiger partial charge in [0.25, 0.3) is 5.91 Å². The third kappa shape index (κ3) is 4.70. The molecule has 0 aliphatic heterocycles. The van der Waals surface area contributed by atoms with Gasteiger partial charge in [-0.05, 0) is 38.1 Å². The average molecular weight is 366 g/mol. The fourth-order valence-electron chi connectivity index (χ4n) is 2.05. The second-order valence-corrected chi connectivity index (χ2v) is 5.47.